The molecule has 7 nitrogen and oxygen atoms in total. The van der Waals surface area contributed by atoms with Crippen LogP contribution in [0.3, 0.4) is 0 Å². The van der Waals surface area contributed by atoms with Gasteiger partial charge in [0.05, 0.1) is 12.6 Å². The van der Waals surface area contributed by atoms with Gasteiger partial charge < -0.3 is 30.5 Å². The second-order valence-corrected chi connectivity index (χ2v) is 3.99. The summed E-state index contributed by atoms with van der Waals surface area (Å²) in [5, 5.41) is 40.1. The average Bonchev–Trinajstić information content (AvgIpc) is 2.23. The van der Waals surface area contributed by atoms with Gasteiger partial charge in [0.15, 0.2) is 5.60 Å². The molecule has 2 rings (SSSR count). The van der Waals surface area contributed by atoms with Crippen molar-refractivity contribution in [2.45, 2.75) is 36.4 Å². The fourth-order valence-corrected chi connectivity index (χ4v) is 2.14. The van der Waals surface area contributed by atoms with Crippen LogP contribution in [0.2, 0.25) is 0 Å². The van der Waals surface area contributed by atoms with Crippen LogP contribution in [-0.4, -0.2) is 63.1 Å². The maximum absolute atomic E-state index is 11.1. The monoisotopic (exact) mass is 219 g/mol. The predicted octanol–water partition coefficient (Wildman–Crippen LogP) is -2.69. The molecular formula is C8H13NO6. The third kappa shape index (κ3) is 1.39. The number of amides is 1. The first-order chi connectivity index (χ1) is 7.00. The van der Waals surface area contributed by atoms with Crippen LogP contribution in [0, 0.1) is 0 Å². The van der Waals surface area contributed by atoms with E-state index >= 15 is 0 Å². The molecule has 86 valence electrons. The van der Waals surface area contributed by atoms with E-state index in [1.165, 1.54) is 0 Å². The second-order valence-electron chi connectivity index (χ2n) is 3.99. The molecule has 2 fully saturated rings. The molecular weight excluding hydrogens is 206 g/mol. The number of rotatable bonds is 1. The van der Waals surface area contributed by atoms with Gasteiger partial charge in [-0.2, -0.15) is 0 Å². The molecule has 5 N–H and O–H groups in total. The number of carbonyl (C=O) groups is 1. The first-order valence-electron chi connectivity index (χ1n) is 4.65. The zero-order valence-electron chi connectivity index (χ0n) is 7.83. The predicted molar refractivity (Wildman–Crippen MR) is 45.9 cm³/mol. The van der Waals surface area contributed by atoms with E-state index in [1.807, 2.05) is 0 Å². The van der Waals surface area contributed by atoms with Gasteiger partial charge in [0.1, 0.15) is 18.3 Å². The van der Waals surface area contributed by atoms with Crippen molar-refractivity contribution in [1.29, 1.82) is 0 Å². The van der Waals surface area contributed by atoms with Crippen molar-refractivity contribution >= 4 is 6.09 Å². The molecule has 0 aromatic rings. The topological polar surface area (TPSA) is 119 Å². The molecule has 1 heterocycles. The lowest BCUT2D eigenvalue weighted by Crippen LogP contribution is -2.72. The summed E-state index contributed by atoms with van der Waals surface area (Å²) >= 11 is 0. The zero-order chi connectivity index (χ0) is 11.2. The maximum atomic E-state index is 11.1. The molecule has 1 aliphatic carbocycles. The number of nitrogens with one attached hydrogen (secondary N) is 1. The fourth-order valence-electron chi connectivity index (χ4n) is 2.14. The smallest absolute Gasteiger partial charge is 0.408 e. The van der Waals surface area contributed by atoms with E-state index in [9.17, 15) is 20.1 Å². The third-order valence-electron chi connectivity index (χ3n) is 3.06. The highest BCUT2D eigenvalue weighted by Gasteiger charge is 2.57. The van der Waals surface area contributed by atoms with Gasteiger partial charge in [0.25, 0.3) is 0 Å². The Morgan fingerprint density at radius 3 is 2.67 bits per heavy atom. The third-order valence-corrected chi connectivity index (χ3v) is 3.06. The molecule has 0 radical (unpaired) electrons. The van der Waals surface area contributed by atoms with E-state index in [0.29, 0.717) is 0 Å². The Labute approximate surface area is 85.3 Å². The van der Waals surface area contributed by atoms with Crippen molar-refractivity contribution in [3.63, 3.8) is 0 Å². The molecule has 0 aromatic carbocycles. The van der Waals surface area contributed by atoms with Crippen molar-refractivity contribution in [1.82, 2.24) is 5.32 Å². The number of ether oxygens (including phenoxy) is 1. The van der Waals surface area contributed by atoms with Crippen LogP contribution >= 0.6 is 0 Å². The first kappa shape index (κ1) is 10.6. The van der Waals surface area contributed by atoms with Crippen molar-refractivity contribution in [3.8, 4) is 0 Å². The number of hydrogen-bond donors (Lipinski definition) is 5. The molecule has 1 saturated carbocycles. The van der Waals surface area contributed by atoms with Crippen LogP contribution in [0.25, 0.3) is 0 Å². The summed E-state index contributed by atoms with van der Waals surface area (Å²) in [7, 11) is 0. The molecule has 2 bridgehead atoms. The van der Waals surface area contributed by atoms with Crippen LogP contribution in [-0.2, 0) is 4.74 Å². The second kappa shape index (κ2) is 3.31. The average molecular weight is 219 g/mol. The quantitative estimate of drug-likeness (QED) is 0.328. The maximum Gasteiger partial charge on any atom is 0.408 e. The zero-order valence-corrected chi connectivity index (χ0v) is 7.83. The summed E-state index contributed by atoms with van der Waals surface area (Å²) in [6, 6.07) is -0.711. The molecule has 1 amide bonds. The summed E-state index contributed by atoms with van der Waals surface area (Å²) in [5.41, 5.74) is -1.51. The minimum Gasteiger partial charge on any atom is -0.438 e. The van der Waals surface area contributed by atoms with Crippen LogP contribution < -0.4 is 5.32 Å². The largest absolute Gasteiger partial charge is 0.438 e. The van der Waals surface area contributed by atoms with Crippen LogP contribution in [0.5, 0.6) is 0 Å². The molecule has 1 aliphatic heterocycles. The van der Waals surface area contributed by atoms with Crippen LogP contribution in [0.15, 0.2) is 0 Å². The molecule has 0 unspecified atom stereocenters. The van der Waals surface area contributed by atoms with Crippen LogP contribution in [0.4, 0.5) is 4.79 Å². The van der Waals surface area contributed by atoms with Gasteiger partial charge >= 0.3 is 6.09 Å². The molecule has 1 saturated heterocycles. The molecule has 7 heteroatoms. The highest BCUT2D eigenvalue weighted by Crippen LogP contribution is 2.35. The van der Waals surface area contributed by atoms with Crippen molar-refractivity contribution < 1.29 is 30.0 Å². The number of aliphatic hydroxyl groups excluding tert-OH is 4. The van der Waals surface area contributed by atoms with Gasteiger partial charge in [-0.3, -0.25) is 0 Å². The Bertz CT molecular complexity index is 284. The highest BCUT2D eigenvalue weighted by molar-refractivity contribution is 5.69. The number of fused-ring (bicyclic) bond motifs is 2. The standard InChI is InChI=1S/C8H13NO6/c10-2-8-1-3(9-7(14)15-8)4(11)5(12)6(8)13/h3-6,10-13H,1-2H2,(H,9,14)/t3-,4+,5+,6-,8-/m1/s1. The van der Waals surface area contributed by atoms with Gasteiger partial charge in [-0.15, -0.1) is 0 Å². The minimum absolute atomic E-state index is 0.0641. The SMILES string of the molecule is O=C1N[C@@H]2C[C@](CO)(O1)[C@H](O)[C@@H](O)[C@H]2O. The Kier molecular flexibility index (Phi) is 2.34. The molecule has 0 spiro atoms. The van der Waals surface area contributed by atoms with E-state index in [1.54, 1.807) is 0 Å². The minimum atomic E-state index is -1.51. The molecule has 2 aliphatic rings. The Morgan fingerprint density at radius 2 is 2.07 bits per heavy atom. The summed E-state index contributed by atoms with van der Waals surface area (Å²) in [5.74, 6) is 0. The molecule has 5 atom stereocenters. The summed E-state index contributed by atoms with van der Waals surface area (Å²) in [6.45, 7) is -0.595. The lowest BCUT2D eigenvalue weighted by Gasteiger charge is -2.50. The number of alkyl carbamates (subject to hydrolysis) is 1. The van der Waals surface area contributed by atoms with E-state index in [-0.39, 0.29) is 6.42 Å². The first-order valence-corrected chi connectivity index (χ1v) is 4.65. The Hall–Kier alpha value is -0.890. The lowest BCUT2D eigenvalue weighted by atomic mass is 9.75. The molecule has 0 aromatic heterocycles. The van der Waals surface area contributed by atoms with Crippen molar-refractivity contribution in [3.05, 3.63) is 0 Å². The van der Waals surface area contributed by atoms with Crippen LogP contribution in [0.1, 0.15) is 6.42 Å². The summed E-state index contributed by atoms with van der Waals surface area (Å²) in [4.78, 5) is 11.1. The number of hydrogen-bond acceptors (Lipinski definition) is 6. The Morgan fingerprint density at radius 1 is 1.40 bits per heavy atom. The summed E-state index contributed by atoms with van der Waals surface area (Å²) < 4.78 is 4.80. The van der Waals surface area contributed by atoms with E-state index in [2.05, 4.69) is 5.32 Å². The van der Waals surface area contributed by atoms with Gasteiger partial charge in [-0.05, 0) is 0 Å². The van der Waals surface area contributed by atoms with E-state index in [0.717, 1.165) is 0 Å². The number of aliphatic hydroxyl groups is 4. The van der Waals surface area contributed by atoms with Crippen molar-refractivity contribution in [2.75, 3.05) is 6.61 Å². The van der Waals surface area contributed by atoms with E-state index < -0.39 is 42.7 Å². The van der Waals surface area contributed by atoms with Gasteiger partial charge in [0.2, 0.25) is 0 Å². The number of carbonyl (C=O) groups excluding carboxylic acids is 1. The van der Waals surface area contributed by atoms with Gasteiger partial charge in [0, 0.05) is 6.42 Å². The van der Waals surface area contributed by atoms with Crippen molar-refractivity contribution in [2.24, 2.45) is 0 Å². The fraction of sp³-hybridized carbons (Fsp3) is 0.875. The van der Waals surface area contributed by atoms with Gasteiger partial charge in [-0.25, -0.2) is 4.79 Å². The molecule has 15 heavy (non-hydrogen) atoms. The summed E-state index contributed by atoms with van der Waals surface area (Å²) in [6.07, 6.45) is -4.94. The highest BCUT2D eigenvalue weighted by atomic mass is 16.6. The van der Waals surface area contributed by atoms with Gasteiger partial charge in [-0.1, -0.05) is 0 Å². The van der Waals surface area contributed by atoms with E-state index in [4.69, 9.17) is 9.84 Å². The normalized spacial score (nSPS) is 49.5. The lowest BCUT2D eigenvalue weighted by molar-refractivity contribution is -0.219. The Balaban J connectivity index is 2.32.